The lowest BCUT2D eigenvalue weighted by molar-refractivity contribution is -0.114. The van der Waals surface area contributed by atoms with Gasteiger partial charge in [-0.3, -0.25) is 9.10 Å². The number of sulfonamides is 1. The SMILES string of the molecule is Cc1ccc(S(=O)(=O)N(CC(=O)Nc2ccccc2-c2ccccc2)c2cc(Cl)cc(Cl)c2)cc1. The van der Waals surface area contributed by atoms with Gasteiger partial charge in [0.05, 0.1) is 10.6 Å². The lowest BCUT2D eigenvalue weighted by Crippen LogP contribution is -2.38. The zero-order valence-electron chi connectivity index (χ0n) is 18.8. The first kappa shape index (κ1) is 24.8. The summed E-state index contributed by atoms with van der Waals surface area (Å²) in [5.41, 5.74) is 3.42. The van der Waals surface area contributed by atoms with Crippen LogP contribution in [0, 0.1) is 6.92 Å². The van der Waals surface area contributed by atoms with Crippen LogP contribution in [0.15, 0.2) is 102 Å². The van der Waals surface area contributed by atoms with Gasteiger partial charge in [-0.1, -0.05) is 89.4 Å². The predicted octanol–water partition coefficient (Wildman–Crippen LogP) is 6.80. The van der Waals surface area contributed by atoms with E-state index in [9.17, 15) is 13.2 Å². The first-order valence-corrected chi connectivity index (χ1v) is 12.9. The van der Waals surface area contributed by atoms with E-state index in [1.807, 2.05) is 49.4 Å². The van der Waals surface area contributed by atoms with Crippen molar-refractivity contribution in [3.8, 4) is 11.1 Å². The number of carbonyl (C=O) groups excluding carboxylic acids is 1. The van der Waals surface area contributed by atoms with Crippen LogP contribution in [0.5, 0.6) is 0 Å². The second-order valence-electron chi connectivity index (χ2n) is 7.91. The third-order valence-electron chi connectivity index (χ3n) is 5.32. The Morgan fingerprint density at radius 2 is 1.43 bits per heavy atom. The minimum Gasteiger partial charge on any atom is -0.324 e. The van der Waals surface area contributed by atoms with Gasteiger partial charge in [-0.25, -0.2) is 8.42 Å². The molecule has 178 valence electrons. The number of aryl methyl sites for hydroxylation is 1. The largest absolute Gasteiger partial charge is 0.324 e. The molecule has 0 saturated carbocycles. The molecule has 5 nitrogen and oxygen atoms in total. The highest BCUT2D eigenvalue weighted by Gasteiger charge is 2.28. The zero-order valence-corrected chi connectivity index (χ0v) is 21.1. The number of para-hydroxylation sites is 1. The smallest absolute Gasteiger partial charge is 0.264 e. The fourth-order valence-electron chi connectivity index (χ4n) is 3.62. The average molecular weight is 525 g/mol. The first-order chi connectivity index (χ1) is 16.7. The summed E-state index contributed by atoms with van der Waals surface area (Å²) in [5.74, 6) is -0.514. The Kier molecular flexibility index (Phi) is 7.45. The maximum Gasteiger partial charge on any atom is 0.264 e. The van der Waals surface area contributed by atoms with E-state index in [2.05, 4.69) is 5.32 Å². The zero-order chi connectivity index (χ0) is 25.0. The summed E-state index contributed by atoms with van der Waals surface area (Å²) >= 11 is 12.3. The number of nitrogens with zero attached hydrogens (tertiary/aromatic N) is 1. The number of anilines is 2. The van der Waals surface area contributed by atoms with E-state index in [4.69, 9.17) is 23.2 Å². The van der Waals surface area contributed by atoms with Gasteiger partial charge in [-0.2, -0.15) is 0 Å². The summed E-state index contributed by atoms with van der Waals surface area (Å²) in [6, 6.07) is 27.8. The number of benzene rings is 4. The van der Waals surface area contributed by atoms with Crippen molar-refractivity contribution >= 4 is 50.5 Å². The van der Waals surface area contributed by atoms with Crippen LogP contribution in [0.4, 0.5) is 11.4 Å². The second-order valence-corrected chi connectivity index (χ2v) is 10.6. The molecule has 0 unspecified atom stereocenters. The van der Waals surface area contributed by atoms with Gasteiger partial charge in [0.2, 0.25) is 5.91 Å². The van der Waals surface area contributed by atoms with Gasteiger partial charge in [-0.15, -0.1) is 0 Å². The molecule has 35 heavy (non-hydrogen) atoms. The van der Waals surface area contributed by atoms with Gasteiger partial charge in [0.25, 0.3) is 10.0 Å². The van der Waals surface area contributed by atoms with Crippen molar-refractivity contribution in [1.29, 1.82) is 0 Å². The Hall–Kier alpha value is -3.32. The fourth-order valence-corrected chi connectivity index (χ4v) is 5.54. The van der Waals surface area contributed by atoms with Crippen LogP contribution >= 0.6 is 23.2 Å². The lowest BCUT2D eigenvalue weighted by atomic mass is 10.0. The standard InChI is InChI=1S/C27H22Cl2N2O3S/c1-19-11-13-24(14-12-19)35(33,34)31(23-16-21(28)15-22(29)17-23)18-27(32)30-26-10-6-5-9-25(26)20-7-3-2-4-8-20/h2-17H,18H2,1H3,(H,30,32). The molecule has 4 rings (SSSR count). The van der Waals surface area contributed by atoms with Gasteiger partial charge in [0, 0.05) is 21.3 Å². The van der Waals surface area contributed by atoms with E-state index in [0.29, 0.717) is 5.69 Å². The molecule has 0 bridgehead atoms. The third-order valence-corrected chi connectivity index (χ3v) is 7.54. The highest BCUT2D eigenvalue weighted by atomic mass is 35.5. The van der Waals surface area contributed by atoms with Crippen molar-refractivity contribution in [2.24, 2.45) is 0 Å². The van der Waals surface area contributed by atoms with E-state index in [-0.39, 0.29) is 20.6 Å². The molecule has 1 N–H and O–H groups in total. The van der Waals surface area contributed by atoms with Gasteiger partial charge in [0.15, 0.2) is 0 Å². The monoisotopic (exact) mass is 524 g/mol. The van der Waals surface area contributed by atoms with E-state index < -0.39 is 22.5 Å². The molecule has 1 amide bonds. The minimum atomic E-state index is -4.10. The van der Waals surface area contributed by atoms with Crippen molar-refractivity contribution in [3.05, 3.63) is 113 Å². The fraction of sp³-hybridized carbons (Fsp3) is 0.0741. The molecule has 4 aromatic rings. The number of rotatable bonds is 7. The van der Waals surface area contributed by atoms with Gasteiger partial charge < -0.3 is 5.32 Å². The molecule has 4 aromatic carbocycles. The van der Waals surface area contributed by atoms with Crippen molar-refractivity contribution < 1.29 is 13.2 Å². The summed E-state index contributed by atoms with van der Waals surface area (Å²) in [4.78, 5) is 13.3. The molecular formula is C27H22Cl2N2O3S. The van der Waals surface area contributed by atoms with Crippen molar-refractivity contribution in [1.82, 2.24) is 0 Å². The van der Waals surface area contributed by atoms with E-state index in [1.54, 1.807) is 24.3 Å². The third kappa shape index (κ3) is 5.85. The maximum atomic E-state index is 13.6. The lowest BCUT2D eigenvalue weighted by Gasteiger charge is -2.25. The van der Waals surface area contributed by atoms with Crippen LogP contribution in [0.1, 0.15) is 5.56 Å². The summed E-state index contributed by atoms with van der Waals surface area (Å²) in [6.45, 7) is 1.39. The average Bonchev–Trinajstić information content (AvgIpc) is 2.83. The quantitative estimate of drug-likeness (QED) is 0.289. The summed E-state index contributed by atoms with van der Waals surface area (Å²) in [7, 11) is -4.10. The number of amides is 1. The number of hydrogen-bond acceptors (Lipinski definition) is 3. The summed E-state index contributed by atoms with van der Waals surface area (Å²) in [6.07, 6.45) is 0. The van der Waals surface area contributed by atoms with Gasteiger partial charge in [0.1, 0.15) is 6.54 Å². The second kappa shape index (κ2) is 10.5. The molecule has 0 radical (unpaired) electrons. The molecule has 0 aliphatic rings. The molecular weight excluding hydrogens is 503 g/mol. The molecule has 0 aliphatic carbocycles. The van der Waals surface area contributed by atoms with Crippen molar-refractivity contribution in [3.63, 3.8) is 0 Å². The number of nitrogens with one attached hydrogen (secondary N) is 1. The van der Waals surface area contributed by atoms with E-state index in [0.717, 1.165) is 21.0 Å². The van der Waals surface area contributed by atoms with Crippen LogP contribution in [-0.4, -0.2) is 20.9 Å². The number of carbonyl (C=O) groups is 1. The molecule has 0 spiro atoms. The Morgan fingerprint density at radius 3 is 2.09 bits per heavy atom. The normalized spacial score (nSPS) is 11.2. The van der Waals surface area contributed by atoms with Crippen LogP contribution in [0.3, 0.4) is 0 Å². The van der Waals surface area contributed by atoms with E-state index in [1.165, 1.54) is 30.3 Å². The highest BCUT2D eigenvalue weighted by molar-refractivity contribution is 7.92. The molecule has 0 heterocycles. The van der Waals surface area contributed by atoms with Crippen LogP contribution < -0.4 is 9.62 Å². The topological polar surface area (TPSA) is 66.5 Å². The Labute approximate surface area is 215 Å². The molecule has 0 saturated heterocycles. The van der Waals surface area contributed by atoms with Gasteiger partial charge >= 0.3 is 0 Å². The molecule has 8 heteroatoms. The Morgan fingerprint density at radius 1 is 0.829 bits per heavy atom. The summed E-state index contributed by atoms with van der Waals surface area (Å²) < 4.78 is 28.2. The molecule has 0 atom stereocenters. The summed E-state index contributed by atoms with van der Waals surface area (Å²) in [5, 5.41) is 3.37. The Balaban J connectivity index is 1.69. The van der Waals surface area contributed by atoms with E-state index >= 15 is 0 Å². The highest BCUT2D eigenvalue weighted by Crippen LogP contribution is 2.31. The molecule has 0 fully saturated rings. The molecule has 0 aromatic heterocycles. The van der Waals surface area contributed by atoms with Crippen LogP contribution in [-0.2, 0) is 14.8 Å². The van der Waals surface area contributed by atoms with Gasteiger partial charge in [-0.05, 0) is 48.9 Å². The maximum absolute atomic E-state index is 13.6. The predicted molar refractivity (Wildman–Crippen MR) is 143 cm³/mol. The van der Waals surface area contributed by atoms with Crippen molar-refractivity contribution in [2.75, 3.05) is 16.2 Å². The minimum absolute atomic E-state index is 0.0525. The van der Waals surface area contributed by atoms with Crippen molar-refractivity contribution in [2.45, 2.75) is 11.8 Å². The first-order valence-electron chi connectivity index (χ1n) is 10.7. The van der Waals surface area contributed by atoms with Crippen LogP contribution in [0.2, 0.25) is 10.0 Å². The van der Waals surface area contributed by atoms with Crippen LogP contribution in [0.25, 0.3) is 11.1 Å². The molecule has 0 aliphatic heterocycles. The number of halogens is 2. The number of hydrogen-bond donors (Lipinski definition) is 1. The Bertz CT molecular complexity index is 1440.